The van der Waals surface area contributed by atoms with Crippen LogP contribution in [0.5, 0.6) is 0 Å². The van der Waals surface area contributed by atoms with E-state index in [2.05, 4.69) is 25.2 Å². The van der Waals surface area contributed by atoms with Gasteiger partial charge in [0.25, 0.3) is 0 Å². The molecular weight excluding hydrogens is 298 g/mol. The molecule has 0 saturated heterocycles. The first-order chi connectivity index (χ1) is 10.1. The van der Waals surface area contributed by atoms with Crippen molar-refractivity contribution in [3.8, 4) is 0 Å². The van der Waals surface area contributed by atoms with E-state index < -0.39 is 11.9 Å². The molecular formula is C11H11N5O4S. The van der Waals surface area contributed by atoms with Crippen molar-refractivity contribution in [3.63, 3.8) is 0 Å². The van der Waals surface area contributed by atoms with Gasteiger partial charge in [0, 0.05) is 5.75 Å². The van der Waals surface area contributed by atoms with E-state index in [4.69, 9.17) is 5.11 Å². The van der Waals surface area contributed by atoms with E-state index in [0.717, 1.165) is 0 Å². The van der Waals surface area contributed by atoms with Crippen LogP contribution in [0.15, 0.2) is 23.4 Å². The van der Waals surface area contributed by atoms with Crippen LogP contribution in [0, 0.1) is 0 Å². The highest BCUT2D eigenvalue weighted by atomic mass is 32.2. The average molecular weight is 309 g/mol. The Morgan fingerprint density at radius 2 is 2.24 bits per heavy atom. The number of carbonyl (C=O) groups excluding carboxylic acids is 1. The topological polar surface area (TPSA) is 120 Å². The van der Waals surface area contributed by atoms with E-state index in [-0.39, 0.29) is 12.2 Å². The molecule has 0 fully saturated rings. The Morgan fingerprint density at radius 3 is 2.95 bits per heavy atom. The molecule has 0 saturated carbocycles. The molecule has 0 aliphatic carbocycles. The Morgan fingerprint density at radius 1 is 1.43 bits per heavy atom. The Bertz CT molecular complexity index is 660. The van der Waals surface area contributed by atoms with Gasteiger partial charge in [-0.1, -0.05) is 17.8 Å². The number of aromatic nitrogens is 5. The standard InChI is InChI=1S/C11H11N5O4S/c1-20-10(19)8-4-2-3-7(12-8)6-21-11-13-14-15-16(11)5-9(17)18/h2-4H,5-6H2,1H3,(H,17,18). The van der Waals surface area contributed by atoms with Gasteiger partial charge in [-0.25, -0.2) is 14.5 Å². The first-order valence-corrected chi connectivity index (χ1v) is 6.73. The van der Waals surface area contributed by atoms with Crippen LogP contribution in [0.25, 0.3) is 0 Å². The lowest BCUT2D eigenvalue weighted by molar-refractivity contribution is -0.138. The summed E-state index contributed by atoms with van der Waals surface area (Å²) in [6, 6.07) is 4.98. The monoisotopic (exact) mass is 309 g/mol. The van der Waals surface area contributed by atoms with Gasteiger partial charge in [-0.3, -0.25) is 4.79 Å². The number of esters is 1. The molecule has 0 aliphatic heterocycles. The maximum atomic E-state index is 11.4. The van der Waals surface area contributed by atoms with Crippen LogP contribution >= 0.6 is 11.8 Å². The largest absolute Gasteiger partial charge is 0.480 e. The molecule has 1 N–H and O–H groups in total. The molecule has 0 aromatic carbocycles. The average Bonchev–Trinajstić information content (AvgIpc) is 2.91. The fraction of sp³-hybridized carbons (Fsp3) is 0.273. The van der Waals surface area contributed by atoms with Crippen molar-refractivity contribution in [3.05, 3.63) is 29.6 Å². The zero-order valence-corrected chi connectivity index (χ0v) is 11.8. The SMILES string of the molecule is COC(=O)c1cccc(CSc2nnnn2CC(=O)O)n1. The first kappa shape index (κ1) is 14.9. The number of pyridine rings is 1. The molecule has 0 bridgehead atoms. The third-order valence-corrected chi connectivity index (χ3v) is 3.33. The number of tetrazole rings is 1. The Balaban J connectivity index is 2.05. The van der Waals surface area contributed by atoms with E-state index in [1.165, 1.54) is 23.6 Å². The van der Waals surface area contributed by atoms with Crippen LogP contribution in [0.1, 0.15) is 16.2 Å². The van der Waals surface area contributed by atoms with E-state index in [1.54, 1.807) is 18.2 Å². The molecule has 2 heterocycles. The minimum Gasteiger partial charge on any atom is -0.480 e. The fourth-order valence-corrected chi connectivity index (χ4v) is 2.23. The molecule has 0 amide bonds. The summed E-state index contributed by atoms with van der Waals surface area (Å²) in [5.74, 6) is -1.15. The summed E-state index contributed by atoms with van der Waals surface area (Å²) >= 11 is 1.23. The molecule has 0 spiro atoms. The highest BCUT2D eigenvalue weighted by Crippen LogP contribution is 2.19. The predicted molar refractivity (Wildman–Crippen MR) is 70.6 cm³/mol. The van der Waals surface area contributed by atoms with Crippen LogP contribution in [0.2, 0.25) is 0 Å². The fourth-order valence-electron chi connectivity index (χ4n) is 1.44. The molecule has 110 valence electrons. The third-order valence-electron chi connectivity index (χ3n) is 2.33. The number of hydrogen-bond donors (Lipinski definition) is 1. The zero-order valence-electron chi connectivity index (χ0n) is 11.0. The van der Waals surface area contributed by atoms with Crippen LogP contribution in [0.4, 0.5) is 0 Å². The van der Waals surface area contributed by atoms with Gasteiger partial charge in [0.15, 0.2) is 0 Å². The summed E-state index contributed by atoms with van der Waals surface area (Å²) in [5.41, 5.74) is 0.841. The predicted octanol–water partition coefficient (Wildman–Crippen LogP) is 0.232. The van der Waals surface area contributed by atoms with Crippen molar-refractivity contribution >= 4 is 23.7 Å². The number of hydrogen-bond acceptors (Lipinski definition) is 8. The van der Waals surface area contributed by atoms with Gasteiger partial charge in [-0.05, 0) is 22.6 Å². The molecule has 0 aliphatic rings. The molecule has 0 atom stereocenters. The highest BCUT2D eigenvalue weighted by Gasteiger charge is 2.12. The summed E-state index contributed by atoms with van der Waals surface area (Å²) in [5, 5.41) is 19.9. The van der Waals surface area contributed by atoms with Crippen molar-refractivity contribution in [1.82, 2.24) is 25.2 Å². The summed E-state index contributed by atoms with van der Waals surface area (Å²) in [6.45, 7) is -0.315. The number of thioether (sulfide) groups is 1. The van der Waals surface area contributed by atoms with Gasteiger partial charge < -0.3 is 9.84 Å². The second-order valence-electron chi connectivity index (χ2n) is 3.81. The third kappa shape index (κ3) is 3.99. The normalized spacial score (nSPS) is 10.3. The number of methoxy groups -OCH3 is 1. The van der Waals surface area contributed by atoms with Crippen LogP contribution in [-0.2, 0) is 21.8 Å². The summed E-state index contributed by atoms with van der Waals surface area (Å²) in [7, 11) is 1.28. The minimum absolute atomic E-state index is 0.209. The molecule has 10 heteroatoms. The number of nitrogens with zero attached hydrogens (tertiary/aromatic N) is 5. The van der Waals surface area contributed by atoms with E-state index in [0.29, 0.717) is 16.6 Å². The maximum Gasteiger partial charge on any atom is 0.356 e. The Kier molecular flexibility index (Phi) is 4.82. The van der Waals surface area contributed by atoms with Crippen molar-refractivity contribution in [2.45, 2.75) is 17.5 Å². The van der Waals surface area contributed by atoms with Gasteiger partial charge in [-0.2, -0.15) is 0 Å². The molecule has 9 nitrogen and oxygen atoms in total. The van der Waals surface area contributed by atoms with Gasteiger partial charge in [-0.15, -0.1) is 5.10 Å². The molecule has 2 aromatic rings. The first-order valence-electron chi connectivity index (χ1n) is 5.75. The van der Waals surface area contributed by atoms with Crippen LogP contribution in [0.3, 0.4) is 0 Å². The summed E-state index contributed by atoms with van der Waals surface area (Å²) in [4.78, 5) is 26.2. The van der Waals surface area contributed by atoms with E-state index >= 15 is 0 Å². The van der Waals surface area contributed by atoms with E-state index in [1.807, 2.05) is 0 Å². The number of carboxylic acid groups (broad SMARTS) is 1. The number of aliphatic carboxylic acids is 1. The molecule has 2 rings (SSSR count). The van der Waals surface area contributed by atoms with Gasteiger partial charge in [0.1, 0.15) is 12.2 Å². The molecule has 2 aromatic heterocycles. The number of carbonyl (C=O) groups is 2. The smallest absolute Gasteiger partial charge is 0.356 e. The Labute approximate surface area is 123 Å². The summed E-state index contributed by atoms with van der Waals surface area (Å²) in [6.07, 6.45) is 0. The molecule has 21 heavy (non-hydrogen) atoms. The molecule has 0 radical (unpaired) electrons. The lowest BCUT2D eigenvalue weighted by Crippen LogP contribution is -2.11. The highest BCUT2D eigenvalue weighted by molar-refractivity contribution is 7.98. The second kappa shape index (κ2) is 6.79. The summed E-state index contributed by atoms with van der Waals surface area (Å²) < 4.78 is 5.77. The number of rotatable bonds is 6. The van der Waals surface area contributed by atoms with Crippen LogP contribution in [-0.4, -0.2) is 49.3 Å². The van der Waals surface area contributed by atoms with Crippen LogP contribution < -0.4 is 0 Å². The lowest BCUT2D eigenvalue weighted by atomic mass is 10.3. The van der Waals surface area contributed by atoms with Gasteiger partial charge in [0.05, 0.1) is 12.8 Å². The van der Waals surface area contributed by atoms with Gasteiger partial charge >= 0.3 is 11.9 Å². The van der Waals surface area contributed by atoms with Gasteiger partial charge in [0.2, 0.25) is 5.16 Å². The zero-order chi connectivity index (χ0) is 15.2. The molecule has 0 unspecified atom stereocenters. The quantitative estimate of drug-likeness (QED) is 0.590. The van der Waals surface area contributed by atoms with Crippen molar-refractivity contribution in [1.29, 1.82) is 0 Å². The van der Waals surface area contributed by atoms with E-state index in [9.17, 15) is 9.59 Å². The number of carboxylic acids is 1. The maximum absolute atomic E-state index is 11.4. The lowest BCUT2D eigenvalue weighted by Gasteiger charge is -2.03. The Hall–Kier alpha value is -2.49. The van der Waals surface area contributed by atoms with Crippen molar-refractivity contribution in [2.24, 2.45) is 0 Å². The minimum atomic E-state index is -1.03. The van der Waals surface area contributed by atoms with Crippen molar-refractivity contribution < 1.29 is 19.4 Å². The van der Waals surface area contributed by atoms with Crippen molar-refractivity contribution in [2.75, 3.05) is 7.11 Å². The number of ether oxygens (including phenoxy) is 1. The second-order valence-corrected chi connectivity index (χ2v) is 4.75.